The van der Waals surface area contributed by atoms with E-state index in [1.807, 2.05) is 12.1 Å². The van der Waals surface area contributed by atoms with Crippen LogP contribution < -0.4 is 10.1 Å². The molecule has 0 bridgehead atoms. The summed E-state index contributed by atoms with van der Waals surface area (Å²) in [5.41, 5.74) is 4.04. The molecule has 1 unspecified atom stereocenters. The van der Waals surface area contributed by atoms with Crippen LogP contribution in [-0.2, 0) is 13.0 Å². The molecule has 0 saturated heterocycles. The average molecular weight is 282 g/mol. The molecule has 21 heavy (non-hydrogen) atoms. The van der Waals surface area contributed by atoms with E-state index in [0.29, 0.717) is 6.04 Å². The van der Waals surface area contributed by atoms with Crippen molar-refractivity contribution in [2.45, 2.75) is 19.0 Å². The predicted molar refractivity (Wildman–Crippen MR) is 86.9 cm³/mol. The molecule has 1 heterocycles. The Hall–Kier alpha value is -2.00. The number of nitrogens with one attached hydrogen (secondary N) is 1. The Labute approximate surface area is 126 Å². The van der Waals surface area contributed by atoms with Gasteiger partial charge in [-0.05, 0) is 42.8 Å². The first-order valence-corrected chi connectivity index (χ1v) is 7.40. The Balaban J connectivity index is 1.54. The van der Waals surface area contributed by atoms with Gasteiger partial charge in [0.15, 0.2) is 0 Å². The minimum absolute atomic E-state index is 0.505. The van der Waals surface area contributed by atoms with Gasteiger partial charge in [-0.15, -0.1) is 0 Å². The zero-order valence-corrected chi connectivity index (χ0v) is 12.7. The zero-order chi connectivity index (χ0) is 14.7. The molecule has 0 fully saturated rings. The Morgan fingerprint density at radius 2 is 1.90 bits per heavy atom. The van der Waals surface area contributed by atoms with Crippen LogP contribution in [0.5, 0.6) is 5.75 Å². The van der Waals surface area contributed by atoms with E-state index in [2.05, 4.69) is 53.7 Å². The summed E-state index contributed by atoms with van der Waals surface area (Å²) < 4.78 is 5.19. The van der Waals surface area contributed by atoms with Crippen molar-refractivity contribution in [2.75, 3.05) is 26.0 Å². The summed E-state index contributed by atoms with van der Waals surface area (Å²) in [5.74, 6) is 0.911. The second-order valence-corrected chi connectivity index (χ2v) is 5.75. The number of benzene rings is 2. The number of hydrogen-bond acceptors (Lipinski definition) is 3. The summed E-state index contributed by atoms with van der Waals surface area (Å²) in [4.78, 5) is 2.37. The molecule has 2 aromatic carbocycles. The maximum absolute atomic E-state index is 5.19. The van der Waals surface area contributed by atoms with Gasteiger partial charge in [-0.1, -0.05) is 30.3 Å². The second-order valence-electron chi connectivity index (χ2n) is 5.75. The van der Waals surface area contributed by atoms with E-state index in [4.69, 9.17) is 4.74 Å². The van der Waals surface area contributed by atoms with Gasteiger partial charge in [0.2, 0.25) is 0 Å². The number of methoxy groups -OCH3 is 1. The first-order valence-electron chi connectivity index (χ1n) is 7.40. The van der Waals surface area contributed by atoms with Gasteiger partial charge in [0.25, 0.3) is 0 Å². The monoisotopic (exact) mass is 282 g/mol. The minimum Gasteiger partial charge on any atom is -0.497 e. The maximum Gasteiger partial charge on any atom is 0.118 e. The fourth-order valence-electron chi connectivity index (χ4n) is 2.97. The lowest BCUT2D eigenvalue weighted by Crippen LogP contribution is -2.32. The van der Waals surface area contributed by atoms with Crippen LogP contribution >= 0.6 is 0 Å². The number of fused-ring (bicyclic) bond motifs is 1. The third-order valence-corrected chi connectivity index (χ3v) is 3.99. The third-order valence-electron chi connectivity index (χ3n) is 3.99. The van der Waals surface area contributed by atoms with Gasteiger partial charge < -0.3 is 15.0 Å². The van der Waals surface area contributed by atoms with Gasteiger partial charge in [-0.2, -0.15) is 0 Å². The van der Waals surface area contributed by atoms with Crippen LogP contribution in [0.3, 0.4) is 0 Å². The van der Waals surface area contributed by atoms with Crippen molar-refractivity contribution < 1.29 is 4.74 Å². The van der Waals surface area contributed by atoms with Gasteiger partial charge in [-0.3, -0.25) is 0 Å². The molecule has 3 nitrogen and oxygen atoms in total. The van der Waals surface area contributed by atoms with E-state index in [9.17, 15) is 0 Å². The van der Waals surface area contributed by atoms with Crippen LogP contribution in [-0.4, -0.2) is 31.6 Å². The first-order chi connectivity index (χ1) is 10.2. The molecule has 3 heteroatoms. The molecule has 0 aliphatic carbocycles. The molecule has 1 aliphatic rings. The number of para-hydroxylation sites is 1. The van der Waals surface area contributed by atoms with Crippen LogP contribution in [0.15, 0.2) is 48.5 Å². The summed E-state index contributed by atoms with van der Waals surface area (Å²) >= 11 is 0. The van der Waals surface area contributed by atoms with Gasteiger partial charge in [0.1, 0.15) is 5.75 Å². The highest BCUT2D eigenvalue weighted by Gasteiger charge is 2.20. The fraction of sp³-hybridized carbons (Fsp3) is 0.333. The number of ether oxygens (including phenoxy) is 1. The Morgan fingerprint density at radius 1 is 1.14 bits per heavy atom. The van der Waals surface area contributed by atoms with Crippen molar-refractivity contribution in [2.24, 2.45) is 0 Å². The lowest BCUT2D eigenvalue weighted by atomic mass is 10.1. The summed E-state index contributed by atoms with van der Waals surface area (Å²) in [6, 6.07) is 17.4. The Bertz CT molecular complexity index is 569. The third kappa shape index (κ3) is 3.37. The number of rotatable bonds is 5. The number of likely N-dealkylation sites (N-methyl/N-ethyl adjacent to an activating group) is 1. The van der Waals surface area contributed by atoms with Crippen molar-refractivity contribution in [3.63, 3.8) is 0 Å². The lowest BCUT2D eigenvalue weighted by molar-refractivity contribution is 0.312. The molecular weight excluding hydrogens is 260 g/mol. The highest BCUT2D eigenvalue weighted by atomic mass is 16.5. The summed E-state index contributed by atoms with van der Waals surface area (Å²) in [7, 11) is 3.87. The van der Waals surface area contributed by atoms with E-state index in [-0.39, 0.29) is 0 Å². The van der Waals surface area contributed by atoms with Crippen LogP contribution in [0.1, 0.15) is 11.1 Å². The molecule has 0 radical (unpaired) electrons. The van der Waals surface area contributed by atoms with Crippen LogP contribution in [0.2, 0.25) is 0 Å². The highest BCUT2D eigenvalue weighted by molar-refractivity contribution is 5.56. The fourth-order valence-corrected chi connectivity index (χ4v) is 2.97. The summed E-state index contributed by atoms with van der Waals surface area (Å²) in [6.07, 6.45) is 1.11. The van der Waals surface area contributed by atoms with Crippen molar-refractivity contribution in [3.05, 3.63) is 59.7 Å². The SMILES string of the molecule is COc1ccc(CN(C)CC2Cc3ccccc3N2)cc1. The van der Waals surface area contributed by atoms with Gasteiger partial charge in [-0.25, -0.2) is 0 Å². The topological polar surface area (TPSA) is 24.5 Å². The van der Waals surface area contributed by atoms with Crippen LogP contribution in [0.25, 0.3) is 0 Å². The molecule has 2 aromatic rings. The van der Waals surface area contributed by atoms with Gasteiger partial charge >= 0.3 is 0 Å². The quantitative estimate of drug-likeness (QED) is 0.911. The van der Waals surface area contributed by atoms with E-state index in [1.165, 1.54) is 16.8 Å². The van der Waals surface area contributed by atoms with Gasteiger partial charge in [0, 0.05) is 24.8 Å². The average Bonchev–Trinajstić information content (AvgIpc) is 2.90. The van der Waals surface area contributed by atoms with E-state index < -0.39 is 0 Å². The van der Waals surface area contributed by atoms with Crippen LogP contribution in [0, 0.1) is 0 Å². The number of nitrogens with zero attached hydrogens (tertiary/aromatic N) is 1. The Kier molecular flexibility index (Phi) is 4.11. The molecule has 0 amide bonds. The van der Waals surface area contributed by atoms with E-state index >= 15 is 0 Å². The molecule has 1 atom stereocenters. The molecule has 0 spiro atoms. The molecule has 1 N–H and O–H groups in total. The molecule has 1 aliphatic heterocycles. The van der Waals surface area contributed by atoms with Crippen molar-refractivity contribution >= 4 is 5.69 Å². The lowest BCUT2D eigenvalue weighted by Gasteiger charge is -2.21. The molecule has 0 aromatic heterocycles. The molecule has 110 valence electrons. The van der Waals surface area contributed by atoms with Crippen molar-refractivity contribution in [3.8, 4) is 5.75 Å². The van der Waals surface area contributed by atoms with Gasteiger partial charge in [0.05, 0.1) is 7.11 Å². The normalized spacial score (nSPS) is 16.6. The molecule has 0 saturated carbocycles. The standard InChI is InChI=1S/C18H22N2O/c1-20(12-14-7-9-17(21-2)10-8-14)13-16-11-15-5-3-4-6-18(15)19-16/h3-10,16,19H,11-13H2,1-2H3. The van der Waals surface area contributed by atoms with E-state index in [0.717, 1.165) is 25.3 Å². The maximum atomic E-state index is 5.19. The largest absolute Gasteiger partial charge is 0.497 e. The van der Waals surface area contributed by atoms with Crippen molar-refractivity contribution in [1.82, 2.24) is 4.90 Å². The summed E-state index contributed by atoms with van der Waals surface area (Å²) in [5, 5.41) is 3.61. The second kappa shape index (κ2) is 6.19. The van der Waals surface area contributed by atoms with E-state index in [1.54, 1.807) is 7.11 Å². The zero-order valence-electron chi connectivity index (χ0n) is 12.7. The molecular formula is C18H22N2O. The minimum atomic E-state index is 0.505. The number of hydrogen-bond donors (Lipinski definition) is 1. The highest BCUT2D eigenvalue weighted by Crippen LogP contribution is 2.25. The van der Waals surface area contributed by atoms with Crippen molar-refractivity contribution in [1.29, 1.82) is 0 Å². The number of anilines is 1. The summed E-state index contributed by atoms with van der Waals surface area (Å²) in [6.45, 7) is 2.00. The van der Waals surface area contributed by atoms with Crippen LogP contribution in [0.4, 0.5) is 5.69 Å². The smallest absolute Gasteiger partial charge is 0.118 e. The first kappa shape index (κ1) is 14.0. The molecule has 3 rings (SSSR count). The Morgan fingerprint density at radius 3 is 2.62 bits per heavy atom. The predicted octanol–water partition coefficient (Wildman–Crippen LogP) is 3.16.